The molecule has 3 nitrogen and oxygen atoms in total. The summed E-state index contributed by atoms with van der Waals surface area (Å²) in [6.45, 7) is 18.0. The van der Waals surface area contributed by atoms with Crippen molar-refractivity contribution < 1.29 is 4.74 Å². The zero-order chi connectivity index (χ0) is 12.8. The SMILES string of the molecule is CC(C)N1C[C@@]2(C)OCCN(C(C)C)[C@@]2(C)C1. The van der Waals surface area contributed by atoms with Crippen LogP contribution >= 0.6 is 0 Å². The number of likely N-dealkylation sites (tertiary alicyclic amines) is 1. The van der Waals surface area contributed by atoms with E-state index in [9.17, 15) is 0 Å². The van der Waals surface area contributed by atoms with Crippen molar-refractivity contribution >= 4 is 0 Å². The van der Waals surface area contributed by atoms with Crippen LogP contribution in [0.1, 0.15) is 41.5 Å². The van der Waals surface area contributed by atoms with Crippen LogP contribution in [-0.2, 0) is 4.74 Å². The van der Waals surface area contributed by atoms with Crippen LogP contribution in [0.3, 0.4) is 0 Å². The van der Waals surface area contributed by atoms with Crippen molar-refractivity contribution in [2.45, 2.75) is 64.8 Å². The predicted octanol–water partition coefficient (Wildman–Crippen LogP) is 1.97. The standard InChI is InChI=1S/C14H28N2O/c1-11(2)15-9-13(5)14(6,10-15)17-8-7-16(13)12(3)4/h11-12H,7-10H2,1-6H3/t13-,14+/m0/s1. The van der Waals surface area contributed by atoms with E-state index in [1.807, 2.05) is 0 Å². The van der Waals surface area contributed by atoms with Crippen LogP contribution in [-0.4, -0.2) is 59.3 Å². The number of morpholine rings is 1. The van der Waals surface area contributed by atoms with Gasteiger partial charge in [0.05, 0.1) is 17.7 Å². The lowest BCUT2D eigenvalue weighted by atomic mass is 9.82. The maximum atomic E-state index is 6.17. The summed E-state index contributed by atoms with van der Waals surface area (Å²) in [6, 6.07) is 1.20. The molecule has 0 aromatic heterocycles. The molecule has 0 amide bonds. The molecule has 0 spiro atoms. The molecule has 2 aliphatic rings. The minimum absolute atomic E-state index is 0.0141. The maximum Gasteiger partial charge on any atom is 0.0973 e. The van der Waals surface area contributed by atoms with E-state index in [2.05, 4.69) is 51.3 Å². The number of rotatable bonds is 2. The molecule has 0 unspecified atom stereocenters. The molecule has 0 bridgehead atoms. The minimum atomic E-state index is -0.0141. The molecule has 0 radical (unpaired) electrons. The van der Waals surface area contributed by atoms with Crippen molar-refractivity contribution in [3.63, 3.8) is 0 Å². The molecular formula is C14H28N2O. The van der Waals surface area contributed by atoms with Gasteiger partial charge in [0.15, 0.2) is 0 Å². The fraction of sp³-hybridized carbons (Fsp3) is 1.00. The number of nitrogens with zero attached hydrogens (tertiary/aromatic N) is 2. The highest BCUT2D eigenvalue weighted by Crippen LogP contribution is 2.43. The van der Waals surface area contributed by atoms with Gasteiger partial charge in [-0.2, -0.15) is 0 Å². The maximum absolute atomic E-state index is 6.17. The van der Waals surface area contributed by atoms with Gasteiger partial charge in [-0.3, -0.25) is 9.80 Å². The molecule has 0 saturated carbocycles. The van der Waals surface area contributed by atoms with Gasteiger partial charge in [0.1, 0.15) is 0 Å². The monoisotopic (exact) mass is 240 g/mol. The summed E-state index contributed by atoms with van der Waals surface area (Å²) in [5.74, 6) is 0. The van der Waals surface area contributed by atoms with Gasteiger partial charge in [0.2, 0.25) is 0 Å². The van der Waals surface area contributed by atoms with Crippen molar-refractivity contribution in [2.75, 3.05) is 26.2 Å². The summed E-state index contributed by atoms with van der Waals surface area (Å²) in [4.78, 5) is 5.19. The third-order valence-electron chi connectivity index (χ3n) is 4.90. The Morgan fingerprint density at radius 3 is 2.18 bits per heavy atom. The molecule has 2 saturated heterocycles. The molecule has 2 atom stereocenters. The van der Waals surface area contributed by atoms with Gasteiger partial charge in [-0.05, 0) is 41.5 Å². The molecule has 2 heterocycles. The van der Waals surface area contributed by atoms with E-state index >= 15 is 0 Å². The van der Waals surface area contributed by atoms with Gasteiger partial charge < -0.3 is 4.74 Å². The van der Waals surface area contributed by atoms with Crippen LogP contribution < -0.4 is 0 Å². The second kappa shape index (κ2) is 4.22. The van der Waals surface area contributed by atoms with Crippen LogP contribution in [0.5, 0.6) is 0 Å². The quantitative estimate of drug-likeness (QED) is 0.734. The highest BCUT2D eigenvalue weighted by molar-refractivity contribution is 5.14. The summed E-state index contributed by atoms with van der Waals surface area (Å²) in [5.41, 5.74) is 0.142. The Labute approximate surface area is 106 Å². The Morgan fingerprint density at radius 2 is 1.65 bits per heavy atom. The second-order valence-corrected chi connectivity index (χ2v) is 6.64. The molecule has 2 aliphatic heterocycles. The Hall–Kier alpha value is -0.120. The Bertz CT molecular complexity index is 292. The fourth-order valence-electron chi connectivity index (χ4n) is 3.58. The lowest BCUT2D eigenvalue weighted by Crippen LogP contribution is -2.67. The first kappa shape index (κ1) is 13.3. The Balaban J connectivity index is 2.29. The highest BCUT2D eigenvalue weighted by atomic mass is 16.5. The zero-order valence-corrected chi connectivity index (χ0v) is 12.3. The third-order valence-corrected chi connectivity index (χ3v) is 4.90. The van der Waals surface area contributed by atoms with Gasteiger partial charge in [0.25, 0.3) is 0 Å². The molecule has 100 valence electrons. The third kappa shape index (κ3) is 1.92. The van der Waals surface area contributed by atoms with Gasteiger partial charge in [-0.15, -0.1) is 0 Å². The van der Waals surface area contributed by atoms with Crippen LogP contribution in [0, 0.1) is 0 Å². The fourth-order valence-corrected chi connectivity index (χ4v) is 3.58. The molecule has 0 aromatic carbocycles. The lowest BCUT2D eigenvalue weighted by molar-refractivity contribution is -0.165. The van der Waals surface area contributed by atoms with Crippen molar-refractivity contribution in [2.24, 2.45) is 0 Å². The lowest BCUT2D eigenvalue weighted by Gasteiger charge is -2.53. The topological polar surface area (TPSA) is 15.7 Å². The summed E-state index contributed by atoms with van der Waals surface area (Å²) in [5, 5.41) is 0. The minimum Gasteiger partial charge on any atom is -0.371 e. The molecule has 2 rings (SSSR count). The van der Waals surface area contributed by atoms with E-state index in [0.717, 1.165) is 26.2 Å². The first-order chi connectivity index (χ1) is 7.80. The van der Waals surface area contributed by atoms with E-state index in [-0.39, 0.29) is 11.1 Å². The predicted molar refractivity (Wildman–Crippen MR) is 71.3 cm³/mol. The molecule has 0 aromatic rings. The van der Waals surface area contributed by atoms with Crippen LogP contribution in [0.25, 0.3) is 0 Å². The zero-order valence-electron chi connectivity index (χ0n) is 12.3. The summed E-state index contributed by atoms with van der Waals surface area (Å²) >= 11 is 0. The van der Waals surface area contributed by atoms with Crippen molar-refractivity contribution in [3.8, 4) is 0 Å². The molecule has 17 heavy (non-hydrogen) atoms. The Kier molecular flexibility index (Phi) is 3.30. The molecular weight excluding hydrogens is 212 g/mol. The van der Waals surface area contributed by atoms with E-state index in [0.29, 0.717) is 12.1 Å². The molecule has 0 aliphatic carbocycles. The van der Waals surface area contributed by atoms with Gasteiger partial charge in [0, 0.05) is 31.7 Å². The number of fused-ring (bicyclic) bond motifs is 1. The number of ether oxygens (including phenoxy) is 1. The Morgan fingerprint density at radius 1 is 1.00 bits per heavy atom. The summed E-state index contributed by atoms with van der Waals surface area (Å²) in [7, 11) is 0. The number of hydrogen-bond donors (Lipinski definition) is 0. The van der Waals surface area contributed by atoms with E-state index in [4.69, 9.17) is 4.74 Å². The average Bonchev–Trinajstić information content (AvgIpc) is 2.49. The van der Waals surface area contributed by atoms with E-state index < -0.39 is 0 Å². The van der Waals surface area contributed by atoms with Crippen molar-refractivity contribution in [3.05, 3.63) is 0 Å². The van der Waals surface area contributed by atoms with E-state index in [1.54, 1.807) is 0 Å². The summed E-state index contributed by atoms with van der Waals surface area (Å²) in [6.07, 6.45) is 0. The average molecular weight is 240 g/mol. The second-order valence-electron chi connectivity index (χ2n) is 6.64. The highest BCUT2D eigenvalue weighted by Gasteiger charge is 2.58. The molecule has 2 fully saturated rings. The van der Waals surface area contributed by atoms with Crippen LogP contribution in [0.4, 0.5) is 0 Å². The van der Waals surface area contributed by atoms with E-state index in [1.165, 1.54) is 0 Å². The smallest absolute Gasteiger partial charge is 0.0973 e. The molecule has 0 N–H and O–H groups in total. The van der Waals surface area contributed by atoms with Crippen LogP contribution in [0.15, 0.2) is 0 Å². The normalized spacial score (nSPS) is 40.2. The molecule has 3 heteroatoms. The first-order valence-corrected chi connectivity index (χ1v) is 6.95. The van der Waals surface area contributed by atoms with Gasteiger partial charge >= 0.3 is 0 Å². The largest absolute Gasteiger partial charge is 0.371 e. The summed E-state index contributed by atoms with van der Waals surface area (Å²) < 4.78 is 6.17. The van der Waals surface area contributed by atoms with Gasteiger partial charge in [-0.1, -0.05) is 0 Å². The number of hydrogen-bond acceptors (Lipinski definition) is 3. The van der Waals surface area contributed by atoms with Crippen molar-refractivity contribution in [1.82, 2.24) is 9.80 Å². The van der Waals surface area contributed by atoms with Gasteiger partial charge in [-0.25, -0.2) is 0 Å². The van der Waals surface area contributed by atoms with Crippen LogP contribution in [0.2, 0.25) is 0 Å². The first-order valence-electron chi connectivity index (χ1n) is 6.95. The van der Waals surface area contributed by atoms with Crippen molar-refractivity contribution in [1.29, 1.82) is 0 Å².